The summed E-state index contributed by atoms with van der Waals surface area (Å²) in [6, 6.07) is 0. The van der Waals surface area contributed by atoms with Crippen molar-refractivity contribution in [2.24, 2.45) is 4.99 Å². The first-order valence-electron chi connectivity index (χ1n) is 8.33. The molecule has 138 valence electrons. The van der Waals surface area contributed by atoms with E-state index in [1.807, 2.05) is 6.92 Å². The zero-order chi connectivity index (χ0) is 16.3. The molecule has 0 amide bonds. The average Bonchev–Trinajstić information content (AvgIpc) is 3.20. The lowest BCUT2D eigenvalue weighted by Crippen LogP contribution is -2.39. The van der Waals surface area contributed by atoms with Gasteiger partial charge in [0.2, 0.25) is 0 Å². The zero-order valence-electron chi connectivity index (χ0n) is 14.5. The minimum atomic E-state index is 0. The van der Waals surface area contributed by atoms with Gasteiger partial charge in [0.05, 0.1) is 23.4 Å². The highest BCUT2D eigenvalue weighted by Crippen LogP contribution is 2.11. The van der Waals surface area contributed by atoms with E-state index in [2.05, 4.69) is 26.0 Å². The van der Waals surface area contributed by atoms with Gasteiger partial charge in [-0.25, -0.2) is 4.98 Å². The van der Waals surface area contributed by atoms with Crippen LogP contribution < -0.4 is 10.6 Å². The maximum atomic E-state index is 5.64. The quantitative estimate of drug-likeness (QED) is 0.252. The maximum Gasteiger partial charge on any atom is 0.190 e. The van der Waals surface area contributed by atoms with Crippen LogP contribution in [0.2, 0.25) is 0 Å². The molecule has 2 N–H and O–H groups in total. The number of aromatic nitrogens is 1. The predicted octanol–water partition coefficient (Wildman–Crippen LogP) is 2.36. The standard InChI is InChI=1S/C16H28N4O2S.HI/c1-13-20-14(12-23-13)6-8-19-16(17-2)18-7-4-9-21-11-15-5-3-10-22-15;/h12,15H,3-11H2,1-2H3,(H2,17,18,19);1H. The fraction of sp³-hybridized carbons (Fsp3) is 0.750. The number of hydrogen-bond donors (Lipinski definition) is 2. The molecule has 0 bridgehead atoms. The fourth-order valence-corrected chi connectivity index (χ4v) is 3.07. The lowest BCUT2D eigenvalue weighted by Gasteiger charge is -2.12. The number of aliphatic imine (C=N–C) groups is 1. The van der Waals surface area contributed by atoms with Crippen LogP contribution in [0.1, 0.15) is 30.0 Å². The van der Waals surface area contributed by atoms with Crippen LogP contribution in [0.4, 0.5) is 0 Å². The van der Waals surface area contributed by atoms with E-state index in [-0.39, 0.29) is 24.0 Å². The Labute approximate surface area is 165 Å². The highest BCUT2D eigenvalue weighted by molar-refractivity contribution is 14.0. The first kappa shape index (κ1) is 21.6. The molecule has 0 aliphatic carbocycles. The molecule has 1 aromatic rings. The minimum Gasteiger partial charge on any atom is -0.379 e. The summed E-state index contributed by atoms with van der Waals surface area (Å²) < 4.78 is 11.2. The predicted molar refractivity (Wildman–Crippen MR) is 110 cm³/mol. The molecule has 0 saturated carbocycles. The molecule has 1 atom stereocenters. The molecular weight excluding hydrogens is 439 g/mol. The van der Waals surface area contributed by atoms with Gasteiger partial charge in [-0.05, 0) is 26.2 Å². The summed E-state index contributed by atoms with van der Waals surface area (Å²) in [7, 11) is 1.79. The summed E-state index contributed by atoms with van der Waals surface area (Å²) in [5.74, 6) is 0.830. The number of guanidine groups is 1. The molecule has 1 aliphatic heterocycles. The van der Waals surface area contributed by atoms with E-state index in [4.69, 9.17) is 9.47 Å². The molecule has 2 rings (SSSR count). The Kier molecular flexibility index (Phi) is 11.6. The molecule has 1 unspecified atom stereocenters. The SMILES string of the molecule is CN=C(NCCCOCC1CCCO1)NCCc1csc(C)n1.I. The molecule has 8 heteroatoms. The van der Waals surface area contributed by atoms with Crippen molar-refractivity contribution in [2.75, 3.05) is 40.0 Å². The maximum absolute atomic E-state index is 5.64. The van der Waals surface area contributed by atoms with E-state index in [0.717, 1.165) is 75.3 Å². The summed E-state index contributed by atoms with van der Waals surface area (Å²) in [6.45, 7) is 6.07. The second-order valence-electron chi connectivity index (χ2n) is 5.60. The molecule has 0 aromatic carbocycles. The Balaban J connectivity index is 0.00000288. The van der Waals surface area contributed by atoms with Gasteiger partial charge in [-0.2, -0.15) is 0 Å². The van der Waals surface area contributed by atoms with E-state index in [1.54, 1.807) is 18.4 Å². The lowest BCUT2D eigenvalue weighted by atomic mass is 10.2. The largest absolute Gasteiger partial charge is 0.379 e. The summed E-state index contributed by atoms with van der Waals surface area (Å²) in [5, 5.41) is 9.83. The van der Waals surface area contributed by atoms with Crippen molar-refractivity contribution in [3.8, 4) is 0 Å². The van der Waals surface area contributed by atoms with Gasteiger partial charge in [-0.15, -0.1) is 35.3 Å². The van der Waals surface area contributed by atoms with Gasteiger partial charge in [0.1, 0.15) is 0 Å². The van der Waals surface area contributed by atoms with Gasteiger partial charge in [0, 0.05) is 45.2 Å². The highest BCUT2D eigenvalue weighted by atomic mass is 127. The normalized spacial score (nSPS) is 17.6. The number of ether oxygens (including phenoxy) is 2. The molecule has 0 spiro atoms. The third kappa shape index (κ3) is 8.59. The number of aryl methyl sites for hydroxylation is 1. The second kappa shape index (κ2) is 12.8. The van der Waals surface area contributed by atoms with Crippen LogP contribution in [0.5, 0.6) is 0 Å². The van der Waals surface area contributed by atoms with Crippen LogP contribution in [0, 0.1) is 6.92 Å². The van der Waals surface area contributed by atoms with Crippen molar-refractivity contribution in [3.63, 3.8) is 0 Å². The van der Waals surface area contributed by atoms with Crippen molar-refractivity contribution in [3.05, 3.63) is 16.1 Å². The van der Waals surface area contributed by atoms with Gasteiger partial charge >= 0.3 is 0 Å². The van der Waals surface area contributed by atoms with E-state index in [9.17, 15) is 0 Å². The second-order valence-corrected chi connectivity index (χ2v) is 6.66. The smallest absolute Gasteiger partial charge is 0.190 e. The Morgan fingerprint density at radius 2 is 2.29 bits per heavy atom. The van der Waals surface area contributed by atoms with Crippen LogP contribution in [0.15, 0.2) is 10.4 Å². The monoisotopic (exact) mass is 468 g/mol. The van der Waals surface area contributed by atoms with Crippen molar-refractivity contribution in [1.82, 2.24) is 15.6 Å². The van der Waals surface area contributed by atoms with Gasteiger partial charge in [-0.3, -0.25) is 4.99 Å². The molecule has 1 aromatic heterocycles. The number of nitrogens with zero attached hydrogens (tertiary/aromatic N) is 2. The van der Waals surface area contributed by atoms with Crippen LogP contribution in [0.25, 0.3) is 0 Å². The lowest BCUT2D eigenvalue weighted by molar-refractivity contribution is 0.0168. The first-order valence-corrected chi connectivity index (χ1v) is 9.21. The molecule has 1 aliphatic rings. The Morgan fingerprint density at radius 3 is 2.96 bits per heavy atom. The topological polar surface area (TPSA) is 67.8 Å². The third-order valence-electron chi connectivity index (χ3n) is 3.65. The summed E-state index contributed by atoms with van der Waals surface area (Å²) >= 11 is 1.69. The first-order chi connectivity index (χ1) is 11.3. The molecule has 6 nitrogen and oxygen atoms in total. The van der Waals surface area contributed by atoms with Crippen molar-refractivity contribution in [2.45, 2.75) is 38.7 Å². The number of halogens is 1. The van der Waals surface area contributed by atoms with Crippen molar-refractivity contribution >= 4 is 41.3 Å². The van der Waals surface area contributed by atoms with Crippen LogP contribution >= 0.6 is 35.3 Å². The Bertz CT molecular complexity index is 478. The molecule has 1 fully saturated rings. The van der Waals surface area contributed by atoms with Crippen LogP contribution in [-0.2, 0) is 15.9 Å². The Hall–Kier alpha value is -0.450. The molecule has 0 radical (unpaired) electrons. The molecular formula is C16H29IN4O2S. The summed E-state index contributed by atoms with van der Waals surface area (Å²) in [4.78, 5) is 8.67. The van der Waals surface area contributed by atoms with Gasteiger partial charge in [0.15, 0.2) is 5.96 Å². The molecule has 2 heterocycles. The van der Waals surface area contributed by atoms with E-state index in [1.165, 1.54) is 0 Å². The van der Waals surface area contributed by atoms with Crippen LogP contribution in [0.3, 0.4) is 0 Å². The number of rotatable bonds is 9. The molecule has 24 heavy (non-hydrogen) atoms. The van der Waals surface area contributed by atoms with E-state index in [0.29, 0.717) is 6.10 Å². The van der Waals surface area contributed by atoms with Gasteiger partial charge in [-0.1, -0.05) is 0 Å². The average molecular weight is 468 g/mol. The summed E-state index contributed by atoms with van der Waals surface area (Å²) in [5.41, 5.74) is 1.14. The minimum absolute atomic E-state index is 0. The van der Waals surface area contributed by atoms with Gasteiger partial charge in [0.25, 0.3) is 0 Å². The van der Waals surface area contributed by atoms with Crippen LogP contribution in [-0.4, -0.2) is 57.0 Å². The highest BCUT2D eigenvalue weighted by Gasteiger charge is 2.14. The number of nitrogens with one attached hydrogen (secondary N) is 2. The van der Waals surface area contributed by atoms with Gasteiger partial charge < -0.3 is 20.1 Å². The van der Waals surface area contributed by atoms with E-state index >= 15 is 0 Å². The number of hydrogen-bond acceptors (Lipinski definition) is 5. The zero-order valence-corrected chi connectivity index (χ0v) is 17.7. The van der Waals surface area contributed by atoms with E-state index < -0.39 is 0 Å². The summed E-state index contributed by atoms with van der Waals surface area (Å²) in [6.07, 6.45) is 4.48. The van der Waals surface area contributed by atoms with Crippen molar-refractivity contribution in [1.29, 1.82) is 0 Å². The van der Waals surface area contributed by atoms with Crippen molar-refractivity contribution < 1.29 is 9.47 Å². The fourth-order valence-electron chi connectivity index (χ4n) is 2.42. The Morgan fingerprint density at radius 1 is 1.46 bits per heavy atom. The third-order valence-corrected chi connectivity index (χ3v) is 4.47. The molecule has 1 saturated heterocycles. The number of thiazole rings is 1.